The third-order valence-corrected chi connectivity index (χ3v) is 4.99. The van der Waals surface area contributed by atoms with Gasteiger partial charge in [0.2, 0.25) is 0 Å². The summed E-state index contributed by atoms with van der Waals surface area (Å²) in [5, 5.41) is 10.1. The van der Waals surface area contributed by atoms with Gasteiger partial charge in [0.15, 0.2) is 0 Å². The van der Waals surface area contributed by atoms with Crippen LogP contribution in [0.2, 0.25) is 0 Å². The summed E-state index contributed by atoms with van der Waals surface area (Å²) in [6.45, 7) is 4.10. The number of aliphatic hydroxyl groups is 1. The van der Waals surface area contributed by atoms with Gasteiger partial charge < -0.3 is 9.84 Å². The molecule has 4 heteroatoms. The van der Waals surface area contributed by atoms with Gasteiger partial charge in [0, 0.05) is 14.2 Å². The van der Waals surface area contributed by atoms with E-state index in [0.717, 1.165) is 22.2 Å². The number of halogens is 1. The van der Waals surface area contributed by atoms with Crippen LogP contribution in [0.15, 0.2) is 10.5 Å². The van der Waals surface area contributed by atoms with Crippen molar-refractivity contribution in [2.75, 3.05) is 0 Å². The summed E-state index contributed by atoms with van der Waals surface area (Å²) in [6.07, 6.45) is 1.80. The van der Waals surface area contributed by atoms with Gasteiger partial charge in [0.05, 0.1) is 12.2 Å². The van der Waals surface area contributed by atoms with Crippen molar-refractivity contribution in [1.29, 1.82) is 0 Å². The Morgan fingerprint density at radius 3 is 2.80 bits per heavy atom. The highest BCUT2D eigenvalue weighted by Crippen LogP contribution is 2.36. The molecule has 1 fully saturated rings. The Morgan fingerprint density at radius 2 is 2.33 bits per heavy atom. The maximum atomic E-state index is 10.1. The number of rotatable bonds is 2. The highest BCUT2D eigenvalue weighted by molar-refractivity contribution is 9.10. The van der Waals surface area contributed by atoms with Crippen LogP contribution in [0.3, 0.4) is 0 Å². The van der Waals surface area contributed by atoms with E-state index in [1.807, 2.05) is 13.0 Å². The quantitative estimate of drug-likeness (QED) is 0.904. The zero-order chi connectivity index (χ0) is 11.0. The summed E-state index contributed by atoms with van der Waals surface area (Å²) in [7, 11) is 0. The lowest BCUT2D eigenvalue weighted by Gasteiger charge is -2.16. The van der Waals surface area contributed by atoms with E-state index in [-0.39, 0.29) is 12.2 Å². The number of thiophene rings is 1. The van der Waals surface area contributed by atoms with E-state index in [2.05, 4.69) is 22.9 Å². The summed E-state index contributed by atoms with van der Waals surface area (Å²) >= 11 is 5.10. The number of aryl methyl sites for hydroxylation is 1. The fourth-order valence-corrected chi connectivity index (χ4v) is 3.48. The molecule has 1 saturated heterocycles. The van der Waals surface area contributed by atoms with Crippen molar-refractivity contribution in [3.8, 4) is 0 Å². The minimum atomic E-state index is -0.468. The minimum Gasteiger partial charge on any atom is -0.385 e. The van der Waals surface area contributed by atoms with Crippen LogP contribution in [0.1, 0.15) is 35.6 Å². The van der Waals surface area contributed by atoms with E-state index in [1.165, 1.54) is 4.88 Å². The van der Waals surface area contributed by atoms with Gasteiger partial charge in [-0.25, -0.2) is 0 Å². The molecule has 0 radical (unpaired) electrons. The van der Waals surface area contributed by atoms with Crippen molar-refractivity contribution >= 4 is 27.3 Å². The molecular formula is C11H15BrO2S. The fraction of sp³-hybridized carbons (Fsp3) is 0.636. The van der Waals surface area contributed by atoms with Crippen LogP contribution >= 0.6 is 27.3 Å². The number of hydrogen-bond donors (Lipinski definition) is 1. The Labute approximate surface area is 102 Å². The first-order valence-electron chi connectivity index (χ1n) is 5.17. The smallest absolute Gasteiger partial charge is 0.114 e. The van der Waals surface area contributed by atoms with Crippen LogP contribution in [0.4, 0.5) is 0 Å². The summed E-state index contributed by atoms with van der Waals surface area (Å²) in [4.78, 5) is 2.20. The lowest BCUT2D eigenvalue weighted by atomic mass is 10.1. The molecule has 0 bridgehead atoms. The standard InChI is InChI=1S/C11H15BrO2S/c1-6-3-4-9(14-6)11(13)10-5-8(12)7(2)15-10/h5-6,9,11,13H,3-4H2,1-2H3. The van der Waals surface area contributed by atoms with Gasteiger partial charge in [-0.2, -0.15) is 0 Å². The van der Waals surface area contributed by atoms with Gasteiger partial charge in [0.1, 0.15) is 6.10 Å². The second-order valence-corrected chi connectivity index (χ2v) is 6.20. The van der Waals surface area contributed by atoms with Crippen molar-refractivity contribution in [2.45, 2.75) is 45.0 Å². The largest absolute Gasteiger partial charge is 0.385 e. The molecule has 15 heavy (non-hydrogen) atoms. The Hall–Kier alpha value is 0.100. The van der Waals surface area contributed by atoms with Crippen molar-refractivity contribution in [2.24, 2.45) is 0 Å². The van der Waals surface area contributed by atoms with Crippen molar-refractivity contribution < 1.29 is 9.84 Å². The average molecular weight is 291 g/mol. The molecule has 1 aliphatic heterocycles. The predicted molar refractivity (Wildman–Crippen MR) is 65.3 cm³/mol. The normalized spacial score (nSPS) is 28.3. The fourth-order valence-electron chi connectivity index (χ4n) is 1.88. The molecule has 0 aromatic carbocycles. The van der Waals surface area contributed by atoms with Crippen LogP contribution in [0.5, 0.6) is 0 Å². The maximum absolute atomic E-state index is 10.1. The second kappa shape index (κ2) is 4.53. The Morgan fingerprint density at radius 1 is 1.60 bits per heavy atom. The molecule has 2 nitrogen and oxygen atoms in total. The molecular weight excluding hydrogens is 276 g/mol. The average Bonchev–Trinajstić information content (AvgIpc) is 2.74. The Balaban J connectivity index is 2.10. The molecule has 1 N–H and O–H groups in total. The van der Waals surface area contributed by atoms with E-state index >= 15 is 0 Å². The number of hydrogen-bond acceptors (Lipinski definition) is 3. The summed E-state index contributed by atoms with van der Waals surface area (Å²) in [5.41, 5.74) is 0. The van der Waals surface area contributed by atoms with Crippen LogP contribution in [-0.2, 0) is 4.74 Å². The molecule has 2 heterocycles. The molecule has 1 aromatic heterocycles. The SMILES string of the molecule is Cc1sc(C(O)C2CCC(C)O2)cc1Br. The monoisotopic (exact) mass is 290 g/mol. The Bertz CT molecular complexity index is 331. The van der Waals surface area contributed by atoms with Crippen molar-refractivity contribution in [1.82, 2.24) is 0 Å². The predicted octanol–water partition coefficient (Wildman–Crippen LogP) is 3.42. The molecule has 0 amide bonds. The third-order valence-electron chi connectivity index (χ3n) is 2.78. The van der Waals surface area contributed by atoms with Gasteiger partial charge in [-0.05, 0) is 48.7 Å². The molecule has 0 saturated carbocycles. The van der Waals surface area contributed by atoms with E-state index in [0.29, 0.717) is 0 Å². The van der Waals surface area contributed by atoms with Crippen molar-refractivity contribution in [3.63, 3.8) is 0 Å². The molecule has 0 spiro atoms. The molecule has 3 atom stereocenters. The topological polar surface area (TPSA) is 29.5 Å². The van der Waals surface area contributed by atoms with Gasteiger partial charge in [-0.3, -0.25) is 0 Å². The molecule has 0 aliphatic carbocycles. The zero-order valence-corrected chi connectivity index (χ0v) is 11.3. The zero-order valence-electron chi connectivity index (χ0n) is 8.87. The summed E-state index contributed by atoms with van der Waals surface area (Å²) in [5.74, 6) is 0. The first kappa shape index (κ1) is 11.6. The second-order valence-electron chi connectivity index (χ2n) is 4.06. The summed E-state index contributed by atoms with van der Waals surface area (Å²) in [6, 6.07) is 2.00. The Kier molecular flexibility index (Phi) is 3.50. The van der Waals surface area contributed by atoms with Gasteiger partial charge in [0.25, 0.3) is 0 Å². The first-order chi connectivity index (χ1) is 7.08. The number of ether oxygens (including phenoxy) is 1. The highest BCUT2D eigenvalue weighted by Gasteiger charge is 2.30. The van der Waals surface area contributed by atoms with E-state index in [1.54, 1.807) is 11.3 Å². The molecule has 84 valence electrons. The van der Waals surface area contributed by atoms with Gasteiger partial charge >= 0.3 is 0 Å². The third kappa shape index (κ3) is 2.44. The number of aliphatic hydroxyl groups excluding tert-OH is 1. The lowest BCUT2D eigenvalue weighted by molar-refractivity contribution is -0.0283. The maximum Gasteiger partial charge on any atom is 0.114 e. The first-order valence-corrected chi connectivity index (χ1v) is 6.78. The lowest BCUT2D eigenvalue weighted by Crippen LogP contribution is -2.17. The molecule has 1 aliphatic rings. The van der Waals surface area contributed by atoms with E-state index < -0.39 is 6.10 Å². The summed E-state index contributed by atoms with van der Waals surface area (Å²) < 4.78 is 6.74. The van der Waals surface area contributed by atoms with E-state index in [4.69, 9.17) is 4.74 Å². The van der Waals surface area contributed by atoms with Crippen LogP contribution in [0.25, 0.3) is 0 Å². The minimum absolute atomic E-state index is 0.0232. The van der Waals surface area contributed by atoms with Crippen molar-refractivity contribution in [3.05, 3.63) is 20.3 Å². The highest BCUT2D eigenvalue weighted by atomic mass is 79.9. The van der Waals surface area contributed by atoms with Crippen LogP contribution < -0.4 is 0 Å². The van der Waals surface area contributed by atoms with E-state index in [9.17, 15) is 5.11 Å². The molecule has 2 rings (SSSR count). The van der Waals surface area contributed by atoms with Gasteiger partial charge in [-0.1, -0.05) is 0 Å². The van der Waals surface area contributed by atoms with Gasteiger partial charge in [-0.15, -0.1) is 11.3 Å². The van der Waals surface area contributed by atoms with Crippen LogP contribution in [0, 0.1) is 6.92 Å². The molecule has 3 unspecified atom stereocenters. The molecule has 1 aromatic rings. The van der Waals surface area contributed by atoms with Crippen LogP contribution in [-0.4, -0.2) is 17.3 Å².